The smallest absolute Gasteiger partial charge is 0.351 e. The molecule has 3 aromatic rings. The van der Waals surface area contributed by atoms with Crippen molar-refractivity contribution in [2.75, 3.05) is 20.7 Å². The lowest BCUT2D eigenvalue weighted by Crippen LogP contribution is -2.68. The van der Waals surface area contributed by atoms with E-state index in [0.717, 1.165) is 10.4 Å². The first-order valence-electron chi connectivity index (χ1n) is 13.5. The number of aliphatic imine (C=N–C) groups is 1. The maximum absolute atomic E-state index is 13.0. The van der Waals surface area contributed by atoms with Crippen LogP contribution >= 0.6 is 0 Å². The van der Waals surface area contributed by atoms with E-state index in [-0.39, 0.29) is 17.5 Å². The van der Waals surface area contributed by atoms with Crippen molar-refractivity contribution in [1.29, 1.82) is 0 Å². The van der Waals surface area contributed by atoms with Crippen LogP contribution in [0.25, 0.3) is 0 Å². The first kappa shape index (κ1) is 29.8. The Labute approximate surface area is 236 Å². The van der Waals surface area contributed by atoms with Gasteiger partial charge in [0.05, 0.1) is 19.0 Å². The van der Waals surface area contributed by atoms with Crippen molar-refractivity contribution in [3.8, 4) is 0 Å². The fourth-order valence-corrected chi connectivity index (χ4v) is 9.92. The van der Waals surface area contributed by atoms with Gasteiger partial charge in [0.1, 0.15) is 18.4 Å². The van der Waals surface area contributed by atoms with E-state index in [1.165, 1.54) is 4.57 Å². The third-order valence-electron chi connectivity index (χ3n) is 7.42. The number of rotatable bonds is 8. The molecule has 2 N–H and O–H groups in total. The van der Waals surface area contributed by atoms with Gasteiger partial charge in [-0.2, -0.15) is 4.98 Å². The van der Waals surface area contributed by atoms with Gasteiger partial charge < -0.3 is 24.3 Å². The van der Waals surface area contributed by atoms with Gasteiger partial charge in [0.25, 0.3) is 8.32 Å². The number of nitrogens with zero attached hydrogens (tertiary/aromatic N) is 4. The Kier molecular flexibility index (Phi) is 9.06. The second-order valence-electron chi connectivity index (χ2n) is 11.6. The molecule has 40 heavy (non-hydrogen) atoms. The Bertz CT molecular complexity index is 1300. The van der Waals surface area contributed by atoms with Crippen LogP contribution in [0.2, 0.25) is 5.04 Å². The molecule has 1 saturated heterocycles. The van der Waals surface area contributed by atoms with Crippen LogP contribution in [0.3, 0.4) is 0 Å². The van der Waals surface area contributed by atoms with E-state index in [4.69, 9.17) is 9.16 Å². The molecule has 10 heteroatoms. The lowest BCUT2D eigenvalue weighted by molar-refractivity contribution is -0.227. The van der Waals surface area contributed by atoms with Gasteiger partial charge in [0.15, 0.2) is 5.82 Å². The predicted octanol–water partition coefficient (Wildman–Crippen LogP) is 2.30. The summed E-state index contributed by atoms with van der Waals surface area (Å²) in [7, 11) is 0.733. The predicted molar refractivity (Wildman–Crippen MR) is 159 cm³/mol. The Hall–Kier alpha value is -3.15. The molecule has 0 spiro atoms. The Morgan fingerprint density at radius 1 is 1.02 bits per heavy atom. The summed E-state index contributed by atoms with van der Waals surface area (Å²) < 4.78 is 14.6. The monoisotopic (exact) mass is 564 g/mol. The number of benzene rings is 2. The van der Waals surface area contributed by atoms with E-state index in [1.54, 1.807) is 30.4 Å². The molecule has 214 valence electrons. The van der Waals surface area contributed by atoms with Crippen LogP contribution in [0.1, 0.15) is 33.9 Å². The Morgan fingerprint density at radius 2 is 1.60 bits per heavy atom. The fraction of sp³-hybridized carbons (Fsp3) is 0.433. The molecule has 0 saturated carbocycles. The van der Waals surface area contributed by atoms with Crippen LogP contribution in [0.4, 0.5) is 5.82 Å². The summed E-state index contributed by atoms with van der Waals surface area (Å²) in [5.41, 5.74) is -0.555. The molecule has 1 aliphatic rings. The maximum Gasteiger partial charge on any atom is 0.351 e. The van der Waals surface area contributed by atoms with E-state index in [9.17, 15) is 15.0 Å². The maximum atomic E-state index is 13.0. The summed E-state index contributed by atoms with van der Waals surface area (Å²) >= 11 is 0. The van der Waals surface area contributed by atoms with Crippen molar-refractivity contribution in [1.82, 2.24) is 14.5 Å². The van der Waals surface area contributed by atoms with Crippen molar-refractivity contribution in [3.05, 3.63) is 83.4 Å². The third-order valence-corrected chi connectivity index (χ3v) is 12.4. The Balaban J connectivity index is 1.67. The molecule has 0 aliphatic carbocycles. The van der Waals surface area contributed by atoms with Gasteiger partial charge in [0.2, 0.25) is 0 Å². The Morgan fingerprint density at radius 3 is 2.10 bits per heavy atom. The second kappa shape index (κ2) is 12.2. The molecule has 2 heterocycles. The molecule has 1 aromatic heterocycles. The quantitative estimate of drug-likeness (QED) is 0.246. The summed E-state index contributed by atoms with van der Waals surface area (Å²) in [4.78, 5) is 22.9. The lowest BCUT2D eigenvalue weighted by atomic mass is 9.91. The number of aliphatic hydroxyl groups is 2. The van der Waals surface area contributed by atoms with Crippen molar-refractivity contribution >= 4 is 30.8 Å². The standard InChI is InChI=1S/C30H40N4O5Si/c1-21-26(35)27(36)24(39-28(21)34-18-17-25(32-29(34)37)31-20-33(5)6)19-38-40(30(2,3)4,22-13-9-7-10-14-22)23-15-11-8-12-16-23/h7-18,20-21,24,26-28,35-36H,19H2,1-6H3/t21?,24-,26?,27?,28-/m1/s1. The minimum atomic E-state index is -2.91. The van der Waals surface area contributed by atoms with E-state index < -0.39 is 44.5 Å². The van der Waals surface area contributed by atoms with E-state index in [2.05, 4.69) is 55.0 Å². The fourth-order valence-electron chi connectivity index (χ4n) is 5.35. The molecule has 2 aromatic carbocycles. The summed E-state index contributed by atoms with van der Waals surface area (Å²) in [6.07, 6.45) is -0.941. The minimum absolute atomic E-state index is 0.0299. The zero-order valence-electron chi connectivity index (χ0n) is 24.0. The number of hydrogen-bond acceptors (Lipinski definition) is 7. The zero-order chi connectivity index (χ0) is 29.1. The van der Waals surface area contributed by atoms with Crippen molar-refractivity contribution in [2.24, 2.45) is 10.9 Å². The summed E-state index contributed by atoms with van der Waals surface area (Å²) in [6.45, 7) is 8.28. The molecular formula is C30H40N4O5Si. The zero-order valence-corrected chi connectivity index (χ0v) is 25.0. The van der Waals surface area contributed by atoms with Crippen LogP contribution in [0, 0.1) is 5.92 Å². The normalized spacial score (nSPS) is 23.9. The minimum Gasteiger partial charge on any atom is -0.405 e. The van der Waals surface area contributed by atoms with E-state index in [1.807, 2.05) is 50.5 Å². The molecule has 0 amide bonds. The average molecular weight is 565 g/mol. The SMILES string of the molecule is CC1C(O)C(O)[C@@H](CO[Si](c2ccccc2)(c2ccccc2)C(C)(C)C)O[C@H]1n1ccc(N=CN(C)C)nc1=O. The topological polar surface area (TPSA) is 109 Å². The van der Waals surface area contributed by atoms with Gasteiger partial charge in [-0.25, -0.2) is 9.79 Å². The van der Waals surface area contributed by atoms with Gasteiger partial charge in [-0.05, 0) is 21.5 Å². The van der Waals surface area contributed by atoms with Crippen molar-refractivity contribution < 1.29 is 19.4 Å². The molecule has 5 atom stereocenters. The molecule has 0 bridgehead atoms. The highest BCUT2D eigenvalue weighted by Crippen LogP contribution is 2.38. The number of aliphatic hydroxyl groups excluding tert-OH is 2. The summed E-state index contributed by atoms with van der Waals surface area (Å²) in [5.74, 6) is -0.305. The van der Waals surface area contributed by atoms with Gasteiger partial charge in [-0.1, -0.05) is 88.4 Å². The van der Waals surface area contributed by atoms with Gasteiger partial charge >= 0.3 is 5.69 Å². The van der Waals surface area contributed by atoms with Crippen LogP contribution in [0.5, 0.6) is 0 Å². The third kappa shape index (κ3) is 5.96. The van der Waals surface area contributed by atoms with Crippen LogP contribution in [-0.4, -0.2) is 78.3 Å². The van der Waals surface area contributed by atoms with Gasteiger partial charge in [0, 0.05) is 26.2 Å². The molecule has 4 rings (SSSR count). The highest BCUT2D eigenvalue weighted by atomic mass is 28.4. The molecule has 0 radical (unpaired) electrons. The van der Waals surface area contributed by atoms with Crippen LogP contribution in [-0.2, 0) is 9.16 Å². The highest BCUT2D eigenvalue weighted by molar-refractivity contribution is 6.99. The first-order valence-corrected chi connectivity index (χ1v) is 15.4. The van der Waals surface area contributed by atoms with Crippen molar-refractivity contribution in [2.45, 2.75) is 57.3 Å². The van der Waals surface area contributed by atoms with Crippen molar-refractivity contribution in [3.63, 3.8) is 0 Å². The molecule has 3 unspecified atom stereocenters. The molecule has 1 aliphatic heterocycles. The lowest BCUT2D eigenvalue weighted by Gasteiger charge is -2.46. The summed E-state index contributed by atoms with van der Waals surface area (Å²) in [6, 6.07) is 22.0. The van der Waals surface area contributed by atoms with E-state index in [0.29, 0.717) is 0 Å². The van der Waals surface area contributed by atoms with E-state index >= 15 is 0 Å². The van der Waals surface area contributed by atoms with Crippen LogP contribution in [0.15, 0.2) is 82.7 Å². The summed E-state index contributed by atoms with van der Waals surface area (Å²) in [5, 5.41) is 24.0. The largest absolute Gasteiger partial charge is 0.405 e. The number of aromatic nitrogens is 2. The number of ether oxygens (including phenoxy) is 1. The van der Waals surface area contributed by atoms with Gasteiger partial charge in [-0.3, -0.25) is 4.57 Å². The first-order chi connectivity index (χ1) is 19.0. The highest BCUT2D eigenvalue weighted by Gasteiger charge is 2.52. The number of hydrogen-bond donors (Lipinski definition) is 2. The van der Waals surface area contributed by atoms with Crippen LogP contribution < -0.4 is 16.1 Å². The average Bonchev–Trinajstić information content (AvgIpc) is 2.93. The van der Waals surface area contributed by atoms with Gasteiger partial charge in [-0.15, -0.1) is 0 Å². The molecule has 9 nitrogen and oxygen atoms in total. The second-order valence-corrected chi connectivity index (χ2v) is 15.9. The molecule has 1 fully saturated rings. The molecular weight excluding hydrogens is 524 g/mol.